The lowest BCUT2D eigenvalue weighted by Gasteiger charge is -2.32. The highest BCUT2D eigenvalue weighted by atomic mass is 32.1. The fraction of sp³-hybridized carbons (Fsp3) is 0.600. The number of hydrogen-bond donors (Lipinski definition) is 4. The van der Waals surface area contributed by atoms with Crippen LogP contribution in [0.5, 0.6) is 0 Å². The van der Waals surface area contributed by atoms with Crippen molar-refractivity contribution in [1.82, 2.24) is 28.9 Å². The Balaban J connectivity index is 2.27. The summed E-state index contributed by atoms with van der Waals surface area (Å²) in [4.78, 5) is 56.4. The summed E-state index contributed by atoms with van der Waals surface area (Å²) in [5.41, 5.74) is 0. The van der Waals surface area contributed by atoms with Crippen molar-refractivity contribution in [3.8, 4) is 0 Å². The molecule has 0 aliphatic carbocycles. The van der Waals surface area contributed by atoms with Gasteiger partial charge in [-0.05, 0) is 9.85 Å². The smallest absolute Gasteiger partial charge is 0.342 e. The van der Waals surface area contributed by atoms with E-state index >= 15 is 0 Å². The summed E-state index contributed by atoms with van der Waals surface area (Å²) in [6.45, 7) is 3.61. The Hall–Kier alpha value is -3.22. The predicted octanol–water partition coefficient (Wildman–Crippen LogP) is 0.583. The van der Waals surface area contributed by atoms with E-state index in [-0.39, 0.29) is 62.4 Å². The minimum atomic E-state index is -1.16. The SMILES string of the molecule is Cc1ncc([N+](=O)[O-])n1CCN(CCN(CCn1c([N+](=O)[O-])cnc1C)C(CS)C(=O)O)C(CS)C(=O)O. The number of nitro groups is 2. The number of hydrogen-bond acceptors (Lipinski definition) is 12. The van der Waals surface area contributed by atoms with Gasteiger partial charge in [-0.2, -0.15) is 25.3 Å². The zero-order valence-corrected chi connectivity index (χ0v) is 22.6. The second kappa shape index (κ2) is 14.1. The van der Waals surface area contributed by atoms with E-state index in [4.69, 9.17) is 0 Å². The molecule has 0 amide bonds. The standard InChI is InChI=1S/C20H30N8O8S2/c1-13-21-9-17(27(33)34)25(13)7-5-23(15(11-37)19(29)30)3-4-24(16(12-38)20(31)32)6-8-26-14(2)22-10-18(26)28(35)36/h9-10,15-16,37-38H,3-8,11-12H2,1-2H3,(H,29,30)(H,31,32). The van der Waals surface area contributed by atoms with Gasteiger partial charge in [0.15, 0.2) is 11.6 Å². The Morgan fingerprint density at radius 1 is 0.842 bits per heavy atom. The lowest BCUT2D eigenvalue weighted by Crippen LogP contribution is -2.51. The fourth-order valence-corrected chi connectivity index (χ4v) is 4.79. The molecule has 2 aromatic heterocycles. The molecule has 0 bridgehead atoms. The van der Waals surface area contributed by atoms with Gasteiger partial charge in [0, 0.05) is 51.5 Å². The van der Waals surface area contributed by atoms with E-state index in [1.54, 1.807) is 23.6 Å². The van der Waals surface area contributed by atoms with Crippen LogP contribution in [0.15, 0.2) is 12.4 Å². The zero-order chi connectivity index (χ0) is 28.6. The Labute approximate surface area is 228 Å². The minimum absolute atomic E-state index is 0.0598. The maximum Gasteiger partial charge on any atom is 0.342 e. The number of carboxylic acid groups (broad SMARTS) is 2. The zero-order valence-electron chi connectivity index (χ0n) is 20.8. The highest BCUT2D eigenvalue weighted by Crippen LogP contribution is 2.16. The second-order valence-corrected chi connectivity index (χ2v) is 9.02. The summed E-state index contributed by atoms with van der Waals surface area (Å²) in [6.07, 6.45) is 2.24. The van der Waals surface area contributed by atoms with Crippen molar-refractivity contribution in [1.29, 1.82) is 0 Å². The molecule has 2 rings (SSSR count). The molecule has 210 valence electrons. The van der Waals surface area contributed by atoms with Gasteiger partial charge in [0.25, 0.3) is 0 Å². The first-order valence-electron chi connectivity index (χ1n) is 11.4. The van der Waals surface area contributed by atoms with Crippen LogP contribution < -0.4 is 0 Å². The molecule has 2 unspecified atom stereocenters. The summed E-state index contributed by atoms with van der Waals surface area (Å²) < 4.78 is 2.72. The second-order valence-electron chi connectivity index (χ2n) is 8.29. The molecule has 0 spiro atoms. The van der Waals surface area contributed by atoms with Crippen LogP contribution in [-0.2, 0) is 22.7 Å². The molecule has 0 radical (unpaired) electrons. The van der Waals surface area contributed by atoms with Crippen molar-refractivity contribution in [3.05, 3.63) is 44.3 Å². The van der Waals surface area contributed by atoms with Crippen LogP contribution in [0, 0.1) is 34.1 Å². The topological polar surface area (TPSA) is 203 Å². The van der Waals surface area contributed by atoms with Crippen LogP contribution in [0.1, 0.15) is 11.6 Å². The molecule has 0 saturated carbocycles. The minimum Gasteiger partial charge on any atom is -0.480 e. The van der Waals surface area contributed by atoms with Crippen molar-refractivity contribution in [2.24, 2.45) is 0 Å². The molecule has 0 aliphatic rings. The molecule has 2 atom stereocenters. The van der Waals surface area contributed by atoms with Crippen molar-refractivity contribution in [2.45, 2.75) is 39.0 Å². The first kappa shape index (κ1) is 31.0. The Morgan fingerprint density at radius 3 is 1.45 bits per heavy atom. The van der Waals surface area contributed by atoms with Crippen molar-refractivity contribution < 1.29 is 29.6 Å². The normalized spacial score (nSPS) is 13.1. The Bertz CT molecular complexity index is 1070. The first-order valence-corrected chi connectivity index (χ1v) is 12.7. The molecule has 0 aliphatic heterocycles. The van der Waals surface area contributed by atoms with Gasteiger partial charge in [0.2, 0.25) is 0 Å². The van der Waals surface area contributed by atoms with Gasteiger partial charge in [-0.1, -0.05) is 0 Å². The van der Waals surface area contributed by atoms with Gasteiger partial charge >= 0.3 is 23.6 Å². The molecular weight excluding hydrogens is 544 g/mol. The van der Waals surface area contributed by atoms with E-state index in [1.165, 1.54) is 9.13 Å². The number of aryl methyl sites for hydroxylation is 2. The Kier molecular flexibility index (Phi) is 11.5. The Morgan fingerprint density at radius 2 is 1.18 bits per heavy atom. The molecule has 16 nitrogen and oxygen atoms in total. The first-order chi connectivity index (χ1) is 17.9. The molecule has 0 fully saturated rings. The average Bonchev–Trinajstić information content (AvgIpc) is 3.40. The number of thiol groups is 2. The summed E-state index contributed by atoms with van der Waals surface area (Å²) in [6, 6.07) is -2.11. The summed E-state index contributed by atoms with van der Waals surface area (Å²) in [5, 5.41) is 42.1. The highest BCUT2D eigenvalue weighted by Gasteiger charge is 2.30. The monoisotopic (exact) mass is 574 g/mol. The quantitative estimate of drug-likeness (QED) is 0.116. The number of rotatable bonds is 17. The van der Waals surface area contributed by atoms with E-state index in [9.17, 15) is 40.0 Å². The maximum absolute atomic E-state index is 11.9. The number of nitrogens with zero attached hydrogens (tertiary/aromatic N) is 8. The van der Waals surface area contributed by atoms with Crippen molar-refractivity contribution >= 4 is 48.8 Å². The summed E-state index contributed by atoms with van der Waals surface area (Å²) in [7, 11) is 0. The van der Waals surface area contributed by atoms with Gasteiger partial charge in [-0.15, -0.1) is 0 Å². The van der Waals surface area contributed by atoms with Crippen molar-refractivity contribution in [2.75, 3.05) is 37.7 Å². The van der Waals surface area contributed by atoms with Crippen LogP contribution in [0.3, 0.4) is 0 Å². The number of carbonyl (C=O) groups is 2. The van der Waals surface area contributed by atoms with Gasteiger partial charge < -0.3 is 30.4 Å². The lowest BCUT2D eigenvalue weighted by molar-refractivity contribution is -0.392. The van der Waals surface area contributed by atoms with Gasteiger partial charge in [-0.25, -0.2) is 19.1 Å². The molecule has 0 aromatic carbocycles. The van der Waals surface area contributed by atoms with Crippen LogP contribution in [0.2, 0.25) is 0 Å². The van der Waals surface area contributed by atoms with Crippen LogP contribution in [0.4, 0.5) is 11.6 Å². The third-order valence-electron chi connectivity index (χ3n) is 6.14. The fourth-order valence-electron chi connectivity index (χ4n) is 4.02. The summed E-state index contributed by atoms with van der Waals surface area (Å²) in [5.74, 6) is -2.14. The maximum atomic E-state index is 11.9. The molecule has 2 aromatic rings. The molecule has 18 heteroatoms. The van der Waals surface area contributed by atoms with E-state index in [0.29, 0.717) is 11.6 Å². The van der Waals surface area contributed by atoms with Gasteiger partial charge in [-0.3, -0.25) is 19.4 Å². The van der Waals surface area contributed by atoms with E-state index in [0.717, 1.165) is 12.4 Å². The number of carboxylic acids is 2. The molecule has 2 heterocycles. The van der Waals surface area contributed by atoms with E-state index < -0.39 is 33.9 Å². The number of imidazole rings is 2. The number of aromatic nitrogens is 4. The molecule has 0 saturated heterocycles. The van der Waals surface area contributed by atoms with Crippen LogP contribution >= 0.6 is 25.3 Å². The third-order valence-corrected chi connectivity index (χ3v) is 6.83. The van der Waals surface area contributed by atoms with Gasteiger partial charge in [0.05, 0.1) is 0 Å². The lowest BCUT2D eigenvalue weighted by atomic mass is 10.2. The molecule has 2 N–H and O–H groups in total. The van der Waals surface area contributed by atoms with Crippen molar-refractivity contribution in [3.63, 3.8) is 0 Å². The third kappa shape index (κ3) is 7.65. The summed E-state index contributed by atoms with van der Waals surface area (Å²) >= 11 is 8.30. The van der Waals surface area contributed by atoms with Crippen LogP contribution in [-0.4, -0.2) is 111 Å². The largest absolute Gasteiger partial charge is 0.480 e. The van der Waals surface area contributed by atoms with Gasteiger partial charge in [0.1, 0.15) is 37.6 Å². The average molecular weight is 575 g/mol. The van der Waals surface area contributed by atoms with E-state index in [1.807, 2.05) is 0 Å². The molecular formula is C20H30N8O8S2. The predicted molar refractivity (Wildman–Crippen MR) is 141 cm³/mol. The number of aliphatic carboxylic acids is 2. The van der Waals surface area contributed by atoms with E-state index in [2.05, 4.69) is 35.2 Å². The highest BCUT2D eigenvalue weighted by molar-refractivity contribution is 7.80. The van der Waals surface area contributed by atoms with Crippen LogP contribution in [0.25, 0.3) is 0 Å². The molecule has 38 heavy (non-hydrogen) atoms.